The van der Waals surface area contributed by atoms with Gasteiger partial charge in [0.15, 0.2) is 10.9 Å². The number of anilines is 2. The lowest BCUT2D eigenvalue weighted by atomic mass is 10.1. The lowest BCUT2D eigenvalue weighted by Crippen LogP contribution is -2.44. The number of amides is 1. The number of nitrogens with one attached hydrogen (secondary N) is 2. The van der Waals surface area contributed by atoms with Gasteiger partial charge in [-0.2, -0.15) is 0 Å². The van der Waals surface area contributed by atoms with Crippen molar-refractivity contribution in [2.75, 3.05) is 43.4 Å². The van der Waals surface area contributed by atoms with E-state index in [4.69, 9.17) is 28.2 Å². The van der Waals surface area contributed by atoms with E-state index in [9.17, 15) is 4.79 Å². The van der Waals surface area contributed by atoms with Gasteiger partial charge in [-0.3, -0.25) is 10.1 Å². The van der Waals surface area contributed by atoms with E-state index in [0.717, 1.165) is 43.0 Å². The quantitative estimate of drug-likeness (QED) is 0.537. The van der Waals surface area contributed by atoms with E-state index >= 15 is 0 Å². The molecule has 0 unspecified atom stereocenters. The van der Waals surface area contributed by atoms with Crippen LogP contribution in [0.25, 0.3) is 11.3 Å². The number of piperazine rings is 1. The van der Waals surface area contributed by atoms with Crippen LogP contribution in [-0.4, -0.2) is 49.1 Å². The van der Waals surface area contributed by atoms with Gasteiger partial charge in [-0.15, -0.1) is 0 Å². The molecule has 2 aromatic carbocycles. The predicted octanol–water partition coefficient (Wildman–Crippen LogP) is 4.79. The van der Waals surface area contributed by atoms with Gasteiger partial charge in [0.25, 0.3) is 5.91 Å². The second-order valence-electron chi connectivity index (χ2n) is 7.87. The van der Waals surface area contributed by atoms with Crippen molar-refractivity contribution < 1.29 is 9.21 Å². The van der Waals surface area contributed by atoms with Crippen molar-refractivity contribution >= 4 is 46.2 Å². The van der Waals surface area contributed by atoms with Gasteiger partial charge in [-0.25, -0.2) is 0 Å². The normalized spacial score (nSPS) is 14.3. The van der Waals surface area contributed by atoms with Crippen molar-refractivity contribution in [3.05, 3.63) is 70.9 Å². The highest BCUT2D eigenvalue weighted by Gasteiger charge is 2.16. The number of carbonyl (C=O) groups excluding carboxylic acids is 1. The zero-order valence-electron chi connectivity index (χ0n) is 18.0. The van der Waals surface area contributed by atoms with Gasteiger partial charge in [0.1, 0.15) is 5.76 Å². The van der Waals surface area contributed by atoms with Crippen molar-refractivity contribution in [3.8, 4) is 11.3 Å². The van der Waals surface area contributed by atoms with Gasteiger partial charge >= 0.3 is 0 Å². The summed E-state index contributed by atoms with van der Waals surface area (Å²) in [4.78, 5) is 17.2. The van der Waals surface area contributed by atoms with Crippen LogP contribution in [-0.2, 0) is 0 Å². The molecule has 2 N–H and O–H groups in total. The molecule has 0 aliphatic carbocycles. The minimum absolute atomic E-state index is 0.172. The Balaban J connectivity index is 1.33. The molecule has 1 aliphatic heterocycles. The van der Waals surface area contributed by atoms with Crippen LogP contribution in [0.1, 0.15) is 16.1 Å². The third kappa shape index (κ3) is 5.30. The van der Waals surface area contributed by atoms with Crippen molar-refractivity contribution in [3.63, 3.8) is 0 Å². The molecule has 0 spiro atoms. The highest BCUT2D eigenvalue weighted by molar-refractivity contribution is 7.80. The fourth-order valence-corrected chi connectivity index (χ4v) is 3.90. The zero-order chi connectivity index (χ0) is 22.7. The van der Waals surface area contributed by atoms with Crippen molar-refractivity contribution in [2.45, 2.75) is 6.92 Å². The van der Waals surface area contributed by atoms with Gasteiger partial charge in [0, 0.05) is 48.1 Å². The molecule has 0 atom stereocenters. The first-order chi connectivity index (χ1) is 15.4. The molecular weight excluding hydrogens is 444 g/mol. The second-order valence-corrected chi connectivity index (χ2v) is 8.69. The molecule has 1 aromatic heterocycles. The van der Waals surface area contributed by atoms with Crippen molar-refractivity contribution in [1.82, 2.24) is 10.2 Å². The van der Waals surface area contributed by atoms with Gasteiger partial charge in [0.05, 0.1) is 0 Å². The number of hydrogen-bond acceptors (Lipinski definition) is 5. The summed E-state index contributed by atoms with van der Waals surface area (Å²) in [6.45, 7) is 6.07. The van der Waals surface area contributed by atoms with E-state index in [0.29, 0.717) is 10.8 Å². The van der Waals surface area contributed by atoms with E-state index in [1.165, 1.54) is 5.69 Å². The number of likely N-dealkylation sites (N-methyl/N-ethyl adjacent to an activating group) is 1. The second kappa shape index (κ2) is 9.73. The number of carbonyl (C=O) groups is 1. The van der Waals surface area contributed by atoms with Crippen LogP contribution in [0.5, 0.6) is 0 Å². The summed E-state index contributed by atoms with van der Waals surface area (Å²) in [6, 6.07) is 17.0. The maximum Gasteiger partial charge on any atom is 0.293 e. The summed E-state index contributed by atoms with van der Waals surface area (Å²) < 4.78 is 5.70. The van der Waals surface area contributed by atoms with Gasteiger partial charge in [-0.05, 0) is 74.2 Å². The number of hydrogen-bond donors (Lipinski definition) is 2. The number of halogens is 1. The molecule has 0 saturated carbocycles. The standard InChI is InChI=1S/C24H25ClN4O2S/c1-16-3-4-17(15-20(16)25)21-9-10-22(31-21)23(30)27-24(32)26-18-5-7-19(8-6-18)29-13-11-28(2)12-14-29/h3-10,15H,11-14H2,1-2H3,(H2,26,27,30,32). The van der Waals surface area contributed by atoms with Crippen molar-refractivity contribution in [1.29, 1.82) is 0 Å². The van der Waals surface area contributed by atoms with Crippen LogP contribution in [0.2, 0.25) is 5.02 Å². The molecule has 4 rings (SSSR count). The third-order valence-electron chi connectivity index (χ3n) is 5.51. The average molecular weight is 469 g/mol. The summed E-state index contributed by atoms with van der Waals surface area (Å²) in [5.74, 6) is 0.322. The largest absolute Gasteiger partial charge is 0.451 e. The van der Waals surface area contributed by atoms with E-state index in [1.54, 1.807) is 12.1 Å². The van der Waals surface area contributed by atoms with Crippen LogP contribution in [0.4, 0.5) is 11.4 Å². The van der Waals surface area contributed by atoms with Crippen LogP contribution in [0.3, 0.4) is 0 Å². The highest BCUT2D eigenvalue weighted by atomic mass is 35.5. The van der Waals surface area contributed by atoms with Gasteiger partial charge in [-0.1, -0.05) is 23.7 Å². The lowest BCUT2D eigenvalue weighted by Gasteiger charge is -2.34. The Hall–Kier alpha value is -2.87. The van der Waals surface area contributed by atoms with Gasteiger partial charge in [0.2, 0.25) is 0 Å². The number of rotatable bonds is 4. The molecule has 8 heteroatoms. The molecule has 6 nitrogen and oxygen atoms in total. The highest BCUT2D eigenvalue weighted by Crippen LogP contribution is 2.27. The van der Waals surface area contributed by atoms with E-state index in [-0.39, 0.29) is 10.9 Å². The monoisotopic (exact) mass is 468 g/mol. The minimum atomic E-state index is -0.416. The molecule has 0 bridgehead atoms. The fourth-order valence-electron chi connectivity index (χ4n) is 3.51. The maximum absolute atomic E-state index is 12.5. The first-order valence-corrected chi connectivity index (χ1v) is 11.2. The molecule has 3 aromatic rings. The Labute approximate surface area is 198 Å². The van der Waals surface area contributed by atoms with E-state index in [1.807, 2.05) is 37.3 Å². The first-order valence-electron chi connectivity index (χ1n) is 10.4. The zero-order valence-corrected chi connectivity index (χ0v) is 19.6. The Morgan fingerprint density at radius 1 is 1.03 bits per heavy atom. The van der Waals surface area contributed by atoms with Crippen LogP contribution in [0.15, 0.2) is 59.0 Å². The molecule has 1 amide bonds. The number of furan rings is 1. The fraction of sp³-hybridized carbons (Fsp3) is 0.250. The molecular formula is C24H25ClN4O2S. The smallest absolute Gasteiger partial charge is 0.293 e. The molecule has 2 heterocycles. The molecule has 1 fully saturated rings. The molecule has 0 radical (unpaired) electrons. The van der Waals surface area contributed by atoms with Crippen LogP contribution in [0, 0.1) is 6.92 Å². The Morgan fingerprint density at radius 3 is 2.44 bits per heavy atom. The average Bonchev–Trinajstić information content (AvgIpc) is 3.27. The molecule has 1 saturated heterocycles. The summed E-state index contributed by atoms with van der Waals surface area (Å²) >= 11 is 11.5. The minimum Gasteiger partial charge on any atom is -0.451 e. The number of nitrogens with zero attached hydrogens (tertiary/aromatic N) is 2. The first kappa shape index (κ1) is 22.3. The Kier molecular flexibility index (Phi) is 6.79. The number of benzene rings is 2. The number of aryl methyl sites for hydroxylation is 1. The Morgan fingerprint density at radius 2 is 1.75 bits per heavy atom. The molecule has 32 heavy (non-hydrogen) atoms. The van der Waals surface area contributed by atoms with Crippen LogP contribution >= 0.6 is 23.8 Å². The van der Waals surface area contributed by atoms with E-state index < -0.39 is 5.91 Å². The van der Waals surface area contributed by atoms with Gasteiger partial charge < -0.3 is 19.5 Å². The third-order valence-corrected chi connectivity index (χ3v) is 6.12. The Bertz CT molecular complexity index is 1120. The predicted molar refractivity (Wildman–Crippen MR) is 134 cm³/mol. The summed E-state index contributed by atoms with van der Waals surface area (Å²) in [5.41, 5.74) is 3.77. The summed E-state index contributed by atoms with van der Waals surface area (Å²) in [6.07, 6.45) is 0. The summed E-state index contributed by atoms with van der Waals surface area (Å²) in [7, 11) is 2.14. The maximum atomic E-state index is 12.5. The summed E-state index contributed by atoms with van der Waals surface area (Å²) in [5, 5.41) is 6.56. The topological polar surface area (TPSA) is 60.8 Å². The lowest BCUT2D eigenvalue weighted by molar-refractivity contribution is 0.0951. The molecule has 1 aliphatic rings. The van der Waals surface area contributed by atoms with E-state index in [2.05, 4.69) is 39.6 Å². The van der Waals surface area contributed by atoms with Crippen LogP contribution < -0.4 is 15.5 Å². The van der Waals surface area contributed by atoms with Crippen molar-refractivity contribution in [2.24, 2.45) is 0 Å². The SMILES string of the molecule is Cc1ccc(-c2ccc(C(=O)NC(=S)Nc3ccc(N4CCN(C)CC4)cc3)o2)cc1Cl. The number of thiocarbonyl (C=S) groups is 1. The molecule has 166 valence electrons.